The van der Waals surface area contributed by atoms with Crippen LogP contribution in [0.2, 0.25) is 0 Å². The Balaban J connectivity index is 1.89. The maximum absolute atomic E-state index is 13.5. The van der Waals surface area contributed by atoms with E-state index < -0.39 is 11.2 Å². The van der Waals surface area contributed by atoms with Crippen molar-refractivity contribution >= 4 is 11.2 Å². The van der Waals surface area contributed by atoms with Gasteiger partial charge in [-0.25, -0.2) is 9.18 Å². The highest BCUT2D eigenvalue weighted by atomic mass is 19.1. The smallest absolute Gasteiger partial charge is 0.332 e. The van der Waals surface area contributed by atoms with Gasteiger partial charge < -0.3 is 9.47 Å². The molecule has 2 heterocycles. The molecule has 4 aromatic rings. The first-order valence-electron chi connectivity index (χ1n) is 11.1. The average molecular weight is 477 g/mol. The normalized spacial score (nSPS) is 11.0. The molecule has 0 aliphatic carbocycles. The van der Waals surface area contributed by atoms with Gasteiger partial charge in [0.2, 0.25) is 0 Å². The highest BCUT2D eigenvalue weighted by Crippen LogP contribution is 2.27. The van der Waals surface area contributed by atoms with E-state index in [1.165, 1.54) is 28.3 Å². The second-order valence-corrected chi connectivity index (χ2v) is 7.84. The molecule has 0 N–H and O–H groups in total. The summed E-state index contributed by atoms with van der Waals surface area (Å²) in [6.45, 7) is 3.14. The van der Waals surface area contributed by atoms with E-state index in [-0.39, 0.29) is 47.4 Å². The van der Waals surface area contributed by atoms with Gasteiger partial charge in [-0.15, -0.1) is 0 Å². The minimum Gasteiger partial charge on any atom is -0.424 e. The largest absolute Gasteiger partial charge is 0.424 e. The minimum atomic E-state index is -0.516. The van der Waals surface area contributed by atoms with E-state index in [9.17, 15) is 19.2 Å². The van der Waals surface area contributed by atoms with Gasteiger partial charge in [-0.05, 0) is 43.2 Å². The summed E-state index contributed by atoms with van der Waals surface area (Å²) in [7, 11) is 1.53. The maximum Gasteiger partial charge on any atom is 0.332 e. The Bertz CT molecular complexity index is 1510. The van der Waals surface area contributed by atoms with E-state index in [0.29, 0.717) is 25.2 Å². The van der Waals surface area contributed by atoms with Gasteiger partial charge in [0.25, 0.3) is 5.56 Å². The van der Waals surface area contributed by atoms with Crippen molar-refractivity contribution in [3.8, 4) is 17.8 Å². The molecule has 2 aromatic heterocycles. The molecule has 0 spiro atoms. The first-order valence-corrected chi connectivity index (χ1v) is 11.1. The molecule has 0 saturated heterocycles. The molecule has 10 heteroatoms. The van der Waals surface area contributed by atoms with Crippen molar-refractivity contribution in [2.24, 2.45) is 7.05 Å². The van der Waals surface area contributed by atoms with E-state index in [4.69, 9.17) is 9.47 Å². The third-order valence-electron chi connectivity index (χ3n) is 5.53. The number of hydrogen-bond donors (Lipinski definition) is 0. The number of imidazole rings is 1. The average Bonchev–Trinajstić information content (AvgIpc) is 3.22. The number of aromatic nitrogens is 4. The number of para-hydroxylation sites is 1. The third-order valence-corrected chi connectivity index (χ3v) is 5.53. The summed E-state index contributed by atoms with van der Waals surface area (Å²) >= 11 is 0. The molecule has 0 aliphatic heterocycles. The quantitative estimate of drug-likeness (QED) is 0.343. The van der Waals surface area contributed by atoms with Gasteiger partial charge in [-0.2, -0.15) is 10.2 Å². The molecular weight excluding hydrogens is 453 g/mol. The van der Waals surface area contributed by atoms with Gasteiger partial charge in [0.15, 0.2) is 11.2 Å². The van der Waals surface area contributed by atoms with Crippen LogP contribution in [-0.2, 0) is 24.9 Å². The fraction of sp³-hybridized carbons (Fsp3) is 0.280. The van der Waals surface area contributed by atoms with Crippen molar-refractivity contribution in [2.45, 2.75) is 26.4 Å². The molecule has 0 saturated carbocycles. The summed E-state index contributed by atoms with van der Waals surface area (Å²) in [4.78, 5) is 30.9. The number of ether oxygens (including phenoxy) is 2. The number of hydrogen-bond acceptors (Lipinski definition) is 6. The van der Waals surface area contributed by atoms with Crippen molar-refractivity contribution in [1.29, 1.82) is 5.26 Å². The zero-order valence-electron chi connectivity index (χ0n) is 19.4. The van der Waals surface area contributed by atoms with Crippen LogP contribution in [0.5, 0.6) is 11.8 Å². The van der Waals surface area contributed by atoms with Crippen LogP contribution in [-0.4, -0.2) is 31.9 Å². The Hall–Kier alpha value is -4.23. The van der Waals surface area contributed by atoms with E-state index in [0.717, 1.165) is 4.57 Å². The number of nitrogens with zero attached hydrogens (tertiary/aromatic N) is 5. The molecule has 2 aromatic carbocycles. The van der Waals surface area contributed by atoms with Crippen LogP contribution in [0.3, 0.4) is 0 Å². The second-order valence-electron chi connectivity index (χ2n) is 7.84. The lowest BCUT2D eigenvalue weighted by Crippen LogP contribution is -2.40. The zero-order chi connectivity index (χ0) is 24.9. The Kier molecular flexibility index (Phi) is 7.08. The Labute approximate surface area is 200 Å². The number of benzene rings is 2. The van der Waals surface area contributed by atoms with Crippen LogP contribution < -0.4 is 16.0 Å². The SMILES string of the molecule is CCOCCCn1c(=O)c2c(nc(Oc3ccccc3C#N)n2Cc2ccc(F)cc2)n(C)c1=O. The molecule has 0 unspecified atom stereocenters. The van der Waals surface area contributed by atoms with E-state index in [2.05, 4.69) is 11.1 Å². The Morgan fingerprint density at radius 2 is 1.83 bits per heavy atom. The van der Waals surface area contributed by atoms with Crippen LogP contribution in [0.4, 0.5) is 4.39 Å². The summed E-state index contributed by atoms with van der Waals surface area (Å²) in [5, 5.41) is 9.45. The monoisotopic (exact) mass is 477 g/mol. The molecule has 9 nitrogen and oxygen atoms in total. The van der Waals surface area contributed by atoms with Crippen molar-refractivity contribution < 1.29 is 13.9 Å². The second kappa shape index (κ2) is 10.4. The number of rotatable bonds is 9. The predicted molar refractivity (Wildman–Crippen MR) is 127 cm³/mol. The van der Waals surface area contributed by atoms with Gasteiger partial charge >= 0.3 is 11.7 Å². The lowest BCUT2D eigenvalue weighted by atomic mass is 10.2. The Morgan fingerprint density at radius 3 is 2.54 bits per heavy atom. The van der Waals surface area contributed by atoms with Crippen LogP contribution >= 0.6 is 0 Å². The van der Waals surface area contributed by atoms with E-state index >= 15 is 0 Å². The van der Waals surface area contributed by atoms with E-state index in [1.807, 2.05) is 6.92 Å². The summed E-state index contributed by atoms with van der Waals surface area (Å²) in [5.74, 6) is -0.129. The van der Waals surface area contributed by atoms with Gasteiger partial charge in [0.05, 0.1) is 12.1 Å². The van der Waals surface area contributed by atoms with Crippen molar-refractivity contribution in [1.82, 2.24) is 18.7 Å². The third kappa shape index (κ3) is 4.85. The van der Waals surface area contributed by atoms with Crippen molar-refractivity contribution in [3.63, 3.8) is 0 Å². The molecule has 0 bridgehead atoms. The van der Waals surface area contributed by atoms with Crippen LogP contribution in [0.1, 0.15) is 24.5 Å². The number of aryl methyl sites for hydroxylation is 1. The van der Waals surface area contributed by atoms with E-state index in [1.54, 1.807) is 36.4 Å². The van der Waals surface area contributed by atoms with Crippen LogP contribution in [0.25, 0.3) is 11.2 Å². The highest BCUT2D eigenvalue weighted by Gasteiger charge is 2.22. The number of fused-ring (bicyclic) bond motifs is 1. The Morgan fingerprint density at radius 1 is 1.09 bits per heavy atom. The molecule has 4 rings (SSSR count). The minimum absolute atomic E-state index is 0.0335. The number of halogens is 1. The molecule has 0 fully saturated rings. The van der Waals surface area contributed by atoms with Gasteiger partial charge in [0, 0.05) is 26.8 Å². The lowest BCUT2D eigenvalue weighted by molar-refractivity contribution is 0.141. The molecule has 0 atom stereocenters. The maximum atomic E-state index is 13.5. The van der Waals surface area contributed by atoms with Crippen LogP contribution in [0.15, 0.2) is 58.1 Å². The zero-order valence-corrected chi connectivity index (χ0v) is 19.4. The van der Waals surface area contributed by atoms with Crippen molar-refractivity contribution in [3.05, 3.63) is 86.3 Å². The summed E-state index contributed by atoms with van der Waals surface area (Å²) in [6.07, 6.45) is 0.486. The summed E-state index contributed by atoms with van der Waals surface area (Å²) < 4.78 is 28.8. The van der Waals surface area contributed by atoms with Gasteiger partial charge in [-0.1, -0.05) is 24.3 Å². The molecule has 0 radical (unpaired) electrons. The topological polar surface area (TPSA) is 104 Å². The highest BCUT2D eigenvalue weighted by molar-refractivity contribution is 5.72. The fourth-order valence-electron chi connectivity index (χ4n) is 3.76. The summed E-state index contributed by atoms with van der Waals surface area (Å²) in [5.41, 5.74) is 0.271. The van der Waals surface area contributed by atoms with Gasteiger partial charge in [-0.3, -0.25) is 18.5 Å². The predicted octanol–water partition coefficient (Wildman–Crippen LogP) is 3.17. The fourth-order valence-corrected chi connectivity index (χ4v) is 3.76. The standard InChI is InChI=1S/C25H24FN5O4/c1-3-34-14-6-13-30-23(32)21-22(29(2)25(30)33)28-24(35-20-8-5-4-7-18(20)15-27)31(21)16-17-9-11-19(26)12-10-17/h4-5,7-12H,3,6,13-14,16H2,1-2H3. The first kappa shape index (κ1) is 23.9. The lowest BCUT2D eigenvalue weighted by Gasteiger charge is -2.12. The first-order chi connectivity index (χ1) is 16.9. The van der Waals surface area contributed by atoms with Gasteiger partial charge in [0.1, 0.15) is 17.6 Å². The molecule has 35 heavy (non-hydrogen) atoms. The van der Waals surface area contributed by atoms with Crippen molar-refractivity contribution in [2.75, 3.05) is 13.2 Å². The molecule has 180 valence electrons. The molecule has 0 amide bonds. The number of nitriles is 1. The van der Waals surface area contributed by atoms with Crippen LogP contribution in [0, 0.1) is 17.1 Å². The molecule has 0 aliphatic rings. The molecular formula is C25H24FN5O4. The summed E-state index contributed by atoms with van der Waals surface area (Å²) in [6, 6.07) is 14.6.